The Hall–Kier alpha value is -2.96. The summed E-state index contributed by atoms with van der Waals surface area (Å²) in [5.74, 6) is 1.48. The summed E-state index contributed by atoms with van der Waals surface area (Å²) in [5, 5.41) is 3.09. The van der Waals surface area contributed by atoms with Crippen LogP contribution in [0.5, 0.6) is 11.5 Å². The van der Waals surface area contributed by atoms with E-state index in [1.807, 2.05) is 45.1 Å². The number of hydrogen-bond acceptors (Lipinski definition) is 4. The third-order valence-electron chi connectivity index (χ3n) is 4.08. The van der Waals surface area contributed by atoms with Crippen molar-refractivity contribution in [1.82, 2.24) is 0 Å². The van der Waals surface area contributed by atoms with Gasteiger partial charge in [-0.05, 0) is 49.6 Å². The monoisotopic (exact) mass is 407 g/mol. The highest BCUT2D eigenvalue weighted by Crippen LogP contribution is 2.29. The van der Waals surface area contributed by atoms with Gasteiger partial charge in [0.15, 0.2) is 5.71 Å². The smallest absolute Gasteiger partial charge is 0.437 e. The molecule has 0 aliphatic heterocycles. The van der Waals surface area contributed by atoms with Crippen molar-refractivity contribution in [2.75, 3.05) is 13.7 Å². The molecule has 0 atom stereocenters. The molecule has 29 heavy (non-hydrogen) atoms. The lowest BCUT2D eigenvalue weighted by Gasteiger charge is -2.15. The highest BCUT2D eigenvalue weighted by Gasteiger charge is 2.37. The number of rotatable bonds is 8. The maximum absolute atomic E-state index is 13.0. The number of hydrogen-bond donors (Lipinski definition) is 0. The number of benzene rings is 2. The molecular formula is C22H24F3NO3. The number of halogens is 3. The summed E-state index contributed by atoms with van der Waals surface area (Å²) in [7, 11) is 1.08. The summed E-state index contributed by atoms with van der Waals surface area (Å²) in [6, 6.07) is 9.64. The molecule has 0 bridgehead atoms. The van der Waals surface area contributed by atoms with Crippen LogP contribution in [0, 0.1) is 13.8 Å². The van der Waals surface area contributed by atoms with Crippen LogP contribution in [-0.2, 0) is 11.4 Å². The second kappa shape index (κ2) is 10.0. The van der Waals surface area contributed by atoms with Crippen molar-refractivity contribution in [3.05, 3.63) is 70.8 Å². The van der Waals surface area contributed by atoms with Crippen molar-refractivity contribution >= 4 is 5.71 Å². The summed E-state index contributed by atoms with van der Waals surface area (Å²) in [6.07, 6.45) is -0.763. The van der Waals surface area contributed by atoms with Gasteiger partial charge in [0.25, 0.3) is 0 Å². The third kappa shape index (κ3) is 6.27. The van der Waals surface area contributed by atoms with Gasteiger partial charge in [-0.3, -0.25) is 0 Å². The lowest BCUT2D eigenvalue weighted by Crippen LogP contribution is -2.24. The van der Waals surface area contributed by atoms with E-state index in [1.165, 1.54) is 12.1 Å². The van der Waals surface area contributed by atoms with Gasteiger partial charge in [-0.2, -0.15) is 13.2 Å². The molecule has 2 rings (SSSR count). The minimum atomic E-state index is -4.60. The molecule has 0 fully saturated rings. The van der Waals surface area contributed by atoms with Gasteiger partial charge in [0.1, 0.15) is 31.8 Å². The zero-order chi connectivity index (χ0) is 21.4. The Morgan fingerprint density at radius 2 is 1.66 bits per heavy atom. The molecule has 0 heterocycles. The summed E-state index contributed by atoms with van der Waals surface area (Å²) >= 11 is 0. The van der Waals surface area contributed by atoms with Crippen molar-refractivity contribution in [2.24, 2.45) is 5.16 Å². The largest absolute Gasteiger partial charge is 0.490 e. The van der Waals surface area contributed by atoms with E-state index in [1.54, 1.807) is 12.1 Å². The van der Waals surface area contributed by atoms with Crippen LogP contribution in [0.3, 0.4) is 0 Å². The fourth-order valence-corrected chi connectivity index (χ4v) is 2.74. The van der Waals surface area contributed by atoms with Crippen LogP contribution < -0.4 is 9.47 Å². The molecule has 0 saturated heterocycles. The first kappa shape index (κ1) is 22.3. The second-order valence-electron chi connectivity index (χ2n) is 6.37. The molecule has 0 spiro atoms. The Morgan fingerprint density at radius 3 is 2.17 bits per heavy atom. The average Bonchev–Trinajstić information content (AvgIpc) is 2.65. The van der Waals surface area contributed by atoms with Crippen molar-refractivity contribution in [3.63, 3.8) is 0 Å². The Bertz CT molecular complexity index is 849. The van der Waals surface area contributed by atoms with E-state index in [-0.39, 0.29) is 12.2 Å². The van der Waals surface area contributed by atoms with Gasteiger partial charge in [-0.15, -0.1) is 0 Å². The van der Waals surface area contributed by atoms with Crippen molar-refractivity contribution in [1.29, 1.82) is 0 Å². The van der Waals surface area contributed by atoms with Gasteiger partial charge < -0.3 is 14.3 Å². The van der Waals surface area contributed by atoms with Gasteiger partial charge in [-0.25, -0.2) is 0 Å². The van der Waals surface area contributed by atoms with Crippen LogP contribution in [0.1, 0.15) is 29.2 Å². The molecule has 0 N–H and O–H groups in total. The van der Waals surface area contributed by atoms with E-state index in [0.29, 0.717) is 6.61 Å². The number of aryl methyl sites for hydroxylation is 2. The molecule has 2 aromatic rings. The number of nitrogens with zero attached hydrogens (tertiary/aromatic N) is 1. The fraction of sp³-hybridized carbons (Fsp3) is 0.318. The van der Waals surface area contributed by atoms with Crippen LogP contribution in [0.25, 0.3) is 0 Å². The van der Waals surface area contributed by atoms with Crippen LogP contribution >= 0.6 is 0 Å². The quantitative estimate of drug-likeness (QED) is 0.318. The first-order chi connectivity index (χ1) is 13.8. The van der Waals surface area contributed by atoms with Crippen LogP contribution in [0.2, 0.25) is 0 Å². The maximum Gasteiger partial charge on any atom is 0.437 e. The SMILES string of the molecule is C/C=C/COc1cc(C)c(OCc2ccc(C(=NOC)C(F)(F)F)cc2)c(C)c1. The Kier molecular flexibility index (Phi) is 7.70. The van der Waals surface area contributed by atoms with Gasteiger partial charge in [-0.1, -0.05) is 41.6 Å². The van der Waals surface area contributed by atoms with Gasteiger partial charge in [0.05, 0.1) is 0 Å². The van der Waals surface area contributed by atoms with Crippen molar-refractivity contribution in [2.45, 2.75) is 33.6 Å². The van der Waals surface area contributed by atoms with Crippen molar-refractivity contribution < 1.29 is 27.5 Å². The van der Waals surface area contributed by atoms with E-state index < -0.39 is 11.9 Å². The molecule has 2 aromatic carbocycles. The Labute approximate surface area is 168 Å². The van der Waals surface area contributed by atoms with Gasteiger partial charge in [0, 0.05) is 5.56 Å². The summed E-state index contributed by atoms with van der Waals surface area (Å²) < 4.78 is 50.7. The first-order valence-corrected chi connectivity index (χ1v) is 9.02. The zero-order valence-corrected chi connectivity index (χ0v) is 16.8. The molecular weight excluding hydrogens is 383 g/mol. The fourth-order valence-electron chi connectivity index (χ4n) is 2.74. The van der Waals surface area contributed by atoms with E-state index in [0.717, 1.165) is 35.3 Å². The second-order valence-corrected chi connectivity index (χ2v) is 6.37. The molecule has 0 amide bonds. The summed E-state index contributed by atoms with van der Waals surface area (Å²) in [5.41, 5.74) is 1.43. The molecule has 0 aliphatic carbocycles. The molecule has 4 nitrogen and oxygen atoms in total. The summed E-state index contributed by atoms with van der Waals surface area (Å²) in [4.78, 5) is 4.32. The number of allylic oxidation sites excluding steroid dienone is 1. The highest BCUT2D eigenvalue weighted by molar-refractivity contribution is 6.04. The normalized spacial score (nSPS) is 12.3. The van der Waals surface area contributed by atoms with Gasteiger partial charge >= 0.3 is 6.18 Å². The van der Waals surface area contributed by atoms with Crippen molar-refractivity contribution in [3.8, 4) is 11.5 Å². The Balaban J connectivity index is 2.09. The predicted octanol–water partition coefficient (Wildman–Crippen LogP) is 5.75. The van der Waals surface area contributed by atoms with Gasteiger partial charge in [0.2, 0.25) is 0 Å². The third-order valence-corrected chi connectivity index (χ3v) is 4.08. The predicted molar refractivity (Wildman–Crippen MR) is 107 cm³/mol. The van der Waals surface area contributed by atoms with Crippen LogP contribution in [0.15, 0.2) is 53.7 Å². The standard InChI is InChI=1S/C22H24F3NO3/c1-5-6-11-28-19-12-15(2)20(16(3)13-19)29-14-17-7-9-18(10-8-17)21(26-27-4)22(23,24)25/h5-10,12-13H,11,14H2,1-4H3/b6-5+,26-21?. The Morgan fingerprint density at radius 1 is 1.03 bits per heavy atom. The molecule has 0 saturated carbocycles. The number of oxime groups is 1. The van der Waals surface area contributed by atoms with E-state index in [4.69, 9.17) is 9.47 Å². The minimum absolute atomic E-state index is 0.0712. The molecule has 7 heteroatoms. The lowest BCUT2D eigenvalue weighted by molar-refractivity contribution is -0.0608. The average molecular weight is 407 g/mol. The first-order valence-electron chi connectivity index (χ1n) is 9.02. The topological polar surface area (TPSA) is 40.0 Å². The lowest BCUT2D eigenvalue weighted by atomic mass is 10.1. The number of alkyl halides is 3. The van der Waals surface area contributed by atoms with E-state index in [2.05, 4.69) is 9.99 Å². The zero-order valence-electron chi connectivity index (χ0n) is 16.8. The number of ether oxygens (including phenoxy) is 2. The molecule has 0 aromatic heterocycles. The maximum atomic E-state index is 13.0. The molecule has 0 unspecified atom stereocenters. The van der Waals surface area contributed by atoms with E-state index in [9.17, 15) is 13.2 Å². The summed E-state index contributed by atoms with van der Waals surface area (Å²) in [6.45, 7) is 6.49. The van der Waals surface area contributed by atoms with Crippen LogP contribution in [-0.4, -0.2) is 25.6 Å². The minimum Gasteiger partial charge on any atom is -0.490 e. The highest BCUT2D eigenvalue weighted by atomic mass is 19.4. The van der Waals surface area contributed by atoms with Crippen LogP contribution in [0.4, 0.5) is 13.2 Å². The van der Waals surface area contributed by atoms with E-state index >= 15 is 0 Å². The molecule has 0 aliphatic rings. The molecule has 0 radical (unpaired) electrons. The molecule has 156 valence electrons.